The number of hydrogen-bond donors (Lipinski definition) is 1. The maximum atomic E-state index is 6.13. The lowest BCUT2D eigenvalue weighted by Gasteiger charge is -2.34. The van der Waals surface area contributed by atoms with E-state index in [1.165, 1.54) is 50.6 Å². The molecule has 0 spiro atoms. The summed E-state index contributed by atoms with van der Waals surface area (Å²) in [5.41, 5.74) is 8.92. The van der Waals surface area contributed by atoms with Crippen molar-refractivity contribution >= 4 is 0 Å². The molecular weight excluding hydrogens is 222 g/mol. The fourth-order valence-electron chi connectivity index (χ4n) is 3.32. The molecule has 2 N–H and O–H groups in total. The quantitative estimate of drug-likeness (QED) is 0.895. The molecule has 1 fully saturated rings. The van der Waals surface area contributed by atoms with E-state index < -0.39 is 0 Å². The van der Waals surface area contributed by atoms with Gasteiger partial charge in [-0.05, 0) is 44.2 Å². The van der Waals surface area contributed by atoms with Crippen LogP contribution in [0.4, 0.5) is 0 Å². The number of nitrogens with two attached hydrogens (primary N) is 1. The number of rotatable bonds is 3. The Kier molecular flexibility index (Phi) is 4.44. The Morgan fingerprint density at radius 3 is 2.33 bits per heavy atom. The van der Waals surface area contributed by atoms with E-state index in [0.29, 0.717) is 5.41 Å². The highest BCUT2D eigenvalue weighted by molar-refractivity contribution is 5.11. The topological polar surface area (TPSA) is 43.8 Å². The van der Waals surface area contributed by atoms with Gasteiger partial charge in [0.05, 0.1) is 5.69 Å². The average Bonchev–Trinajstić information content (AvgIpc) is 2.61. The molecule has 0 amide bonds. The lowest BCUT2D eigenvalue weighted by atomic mass is 9.73. The standard InChI is InChI=1S/C15H27N3/c1-13-10-14(18(2)17-13)11-15(12-16)8-6-4-3-5-7-9-15/h10H,3-9,11-12,16H2,1-2H3. The summed E-state index contributed by atoms with van der Waals surface area (Å²) in [4.78, 5) is 0. The fourth-order valence-corrected chi connectivity index (χ4v) is 3.32. The minimum Gasteiger partial charge on any atom is -0.330 e. The number of aryl methyl sites for hydroxylation is 2. The van der Waals surface area contributed by atoms with E-state index in [2.05, 4.69) is 25.1 Å². The summed E-state index contributed by atoms with van der Waals surface area (Å²) in [7, 11) is 2.05. The van der Waals surface area contributed by atoms with Gasteiger partial charge in [0.2, 0.25) is 0 Å². The van der Waals surface area contributed by atoms with Crippen LogP contribution in [0.15, 0.2) is 6.07 Å². The molecule has 0 unspecified atom stereocenters. The van der Waals surface area contributed by atoms with Crippen molar-refractivity contribution in [3.8, 4) is 0 Å². The van der Waals surface area contributed by atoms with E-state index in [-0.39, 0.29) is 0 Å². The van der Waals surface area contributed by atoms with Crippen LogP contribution >= 0.6 is 0 Å². The molecule has 1 aromatic heterocycles. The molecule has 0 bridgehead atoms. The molecule has 0 radical (unpaired) electrons. The van der Waals surface area contributed by atoms with Crippen LogP contribution in [0.25, 0.3) is 0 Å². The maximum Gasteiger partial charge on any atom is 0.0596 e. The monoisotopic (exact) mass is 249 g/mol. The van der Waals surface area contributed by atoms with Crippen molar-refractivity contribution in [2.24, 2.45) is 18.2 Å². The molecule has 0 atom stereocenters. The molecule has 0 aromatic carbocycles. The molecule has 1 aliphatic rings. The SMILES string of the molecule is Cc1cc(CC2(CN)CCCCCCC2)n(C)n1. The highest BCUT2D eigenvalue weighted by Crippen LogP contribution is 2.36. The molecule has 18 heavy (non-hydrogen) atoms. The fraction of sp³-hybridized carbons (Fsp3) is 0.800. The molecule has 3 nitrogen and oxygen atoms in total. The first-order valence-corrected chi connectivity index (χ1v) is 7.35. The second-order valence-electron chi connectivity index (χ2n) is 6.05. The third-order valence-corrected chi connectivity index (χ3v) is 4.50. The van der Waals surface area contributed by atoms with Gasteiger partial charge in [0.15, 0.2) is 0 Å². The Bertz CT molecular complexity index is 373. The van der Waals surface area contributed by atoms with Crippen molar-refractivity contribution in [3.63, 3.8) is 0 Å². The highest BCUT2D eigenvalue weighted by Gasteiger charge is 2.30. The van der Waals surface area contributed by atoms with Gasteiger partial charge in [-0.25, -0.2) is 0 Å². The van der Waals surface area contributed by atoms with Crippen molar-refractivity contribution in [2.75, 3.05) is 6.54 Å². The van der Waals surface area contributed by atoms with Gasteiger partial charge in [-0.3, -0.25) is 4.68 Å². The molecule has 2 rings (SSSR count). The Labute approximate surface area is 111 Å². The predicted octanol–water partition coefficient (Wildman–Crippen LogP) is 2.96. The minimum absolute atomic E-state index is 0.320. The Balaban J connectivity index is 2.12. The van der Waals surface area contributed by atoms with E-state index in [1.54, 1.807) is 0 Å². The molecule has 1 saturated carbocycles. The van der Waals surface area contributed by atoms with Crippen LogP contribution in [0.1, 0.15) is 56.3 Å². The highest BCUT2D eigenvalue weighted by atomic mass is 15.3. The second kappa shape index (κ2) is 5.87. The third kappa shape index (κ3) is 3.14. The summed E-state index contributed by atoms with van der Waals surface area (Å²) in [6.45, 7) is 2.88. The molecule has 0 aliphatic heterocycles. The summed E-state index contributed by atoms with van der Waals surface area (Å²) in [6, 6.07) is 2.22. The van der Waals surface area contributed by atoms with Crippen LogP contribution in [0, 0.1) is 12.3 Å². The van der Waals surface area contributed by atoms with Crippen molar-refractivity contribution in [2.45, 2.75) is 58.3 Å². The lowest BCUT2D eigenvalue weighted by Crippen LogP contribution is -2.34. The van der Waals surface area contributed by atoms with Crippen LogP contribution < -0.4 is 5.73 Å². The largest absolute Gasteiger partial charge is 0.330 e. The Hall–Kier alpha value is -0.830. The average molecular weight is 249 g/mol. The van der Waals surface area contributed by atoms with Crippen molar-refractivity contribution in [3.05, 3.63) is 17.5 Å². The third-order valence-electron chi connectivity index (χ3n) is 4.50. The summed E-state index contributed by atoms with van der Waals surface area (Å²) in [6.07, 6.45) is 10.5. The van der Waals surface area contributed by atoms with E-state index in [9.17, 15) is 0 Å². The van der Waals surface area contributed by atoms with E-state index in [1.807, 2.05) is 4.68 Å². The first-order chi connectivity index (χ1) is 8.65. The molecule has 3 heteroatoms. The summed E-state index contributed by atoms with van der Waals surface area (Å²) < 4.78 is 2.03. The van der Waals surface area contributed by atoms with Crippen molar-refractivity contribution in [1.82, 2.24) is 9.78 Å². The van der Waals surface area contributed by atoms with Gasteiger partial charge in [0, 0.05) is 12.7 Å². The van der Waals surface area contributed by atoms with E-state index >= 15 is 0 Å². The molecule has 102 valence electrons. The maximum absolute atomic E-state index is 6.13. The van der Waals surface area contributed by atoms with Gasteiger partial charge < -0.3 is 5.73 Å². The van der Waals surface area contributed by atoms with Crippen LogP contribution in [0.2, 0.25) is 0 Å². The van der Waals surface area contributed by atoms with Gasteiger partial charge in [-0.2, -0.15) is 5.10 Å². The predicted molar refractivity (Wildman–Crippen MR) is 75.5 cm³/mol. The molecule has 1 aromatic rings. The van der Waals surface area contributed by atoms with Gasteiger partial charge in [0.1, 0.15) is 0 Å². The van der Waals surface area contributed by atoms with E-state index in [0.717, 1.165) is 18.7 Å². The zero-order chi connectivity index (χ0) is 13.0. The second-order valence-corrected chi connectivity index (χ2v) is 6.05. The minimum atomic E-state index is 0.320. The number of hydrogen-bond acceptors (Lipinski definition) is 2. The van der Waals surface area contributed by atoms with Crippen LogP contribution in [-0.4, -0.2) is 16.3 Å². The first kappa shape index (κ1) is 13.6. The van der Waals surface area contributed by atoms with Crippen molar-refractivity contribution < 1.29 is 0 Å². The number of nitrogens with zero attached hydrogens (tertiary/aromatic N) is 2. The van der Waals surface area contributed by atoms with Crippen LogP contribution in [-0.2, 0) is 13.5 Å². The Morgan fingerprint density at radius 2 is 1.83 bits per heavy atom. The van der Waals surface area contributed by atoms with Crippen LogP contribution in [0.5, 0.6) is 0 Å². The van der Waals surface area contributed by atoms with E-state index in [4.69, 9.17) is 5.73 Å². The van der Waals surface area contributed by atoms with Gasteiger partial charge >= 0.3 is 0 Å². The summed E-state index contributed by atoms with van der Waals surface area (Å²) >= 11 is 0. The zero-order valence-corrected chi connectivity index (χ0v) is 11.9. The smallest absolute Gasteiger partial charge is 0.0596 e. The lowest BCUT2D eigenvalue weighted by molar-refractivity contribution is 0.213. The van der Waals surface area contributed by atoms with Crippen molar-refractivity contribution in [1.29, 1.82) is 0 Å². The zero-order valence-electron chi connectivity index (χ0n) is 11.9. The normalized spacial score (nSPS) is 20.4. The Morgan fingerprint density at radius 1 is 1.22 bits per heavy atom. The van der Waals surface area contributed by atoms with Gasteiger partial charge in [-0.15, -0.1) is 0 Å². The van der Waals surface area contributed by atoms with Gasteiger partial charge in [0.25, 0.3) is 0 Å². The molecular formula is C15H27N3. The van der Waals surface area contributed by atoms with Crippen LogP contribution in [0.3, 0.4) is 0 Å². The summed E-state index contributed by atoms with van der Waals surface area (Å²) in [5, 5.41) is 4.46. The molecule has 0 saturated heterocycles. The molecule has 1 aliphatic carbocycles. The first-order valence-electron chi connectivity index (χ1n) is 7.35. The van der Waals surface area contributed by atoms with Gasteiger partial charge in [-0.1, -0.05) is 32.1 Å². The molecule has 1 heterocycles. The summed E-state index contributed by atoms with van der Waals surface area (Å²) in [5.74, 6) is 0. The number of aromatic nitrogens is 2.